The highest BCUT2D eigenvalue weighted by Crippen LogP contribution is 2.27. The zero-order chi connectivity index (χ0) is 15.9. The lowest BCUT2D eigenvalue weighted by Crippen LogP contribution is -2.25. The van der Waals surface area contributed by atoms with Gasteiger partial charge in [0.25, 0.3) is 0 Å². The van der Waals surface area contributed by atoms with Gasteiger partial charge in [-0.15, -0.1) is 0 Å². The lowest BCUT2D eigenvalue weighted by atomic mass is 10.0. The first-order valence-electron chi connectivity index (χ1n) is 6.49. The molecule has 2 aromatic heterocycles. The van der Waals surface area contributed by atoms with E-state index in [4.69, 9.17) is 11.6 Å². The van der Waals surface area contributed by atoms with E-state index in [-0.39, 0.29) is 23.7 Å². The summed E-state index contributed by atoms with van der Waals surface area (Å²) in [6.07, 6.45) is 2.77. The molecule has 6 nitrogen and oxygen atoms in total. The van der Waals surface area contributed by atoms with E-state index < -0.39 is 5.97 Å². The Bertz CT molecular complexity index is 895. The number of nitrogens with one attached hydrogen (secondary N) is 1. The summed E-state index contributed by atoms with van der Waals surface area (Å²) in [5, 5.41) is 12.1. The number of imidazole rings is 1. The van der Waals surface area contributed by atoms with Crippen LogP contribution in [0.2, 0.25) is 5.02 Å². The second-order valence-electron chi connectivity index (χ2n) is 4.91. The fourth-order valence-corrected chi connectivity index (χ4v) is 2.61. The standard InChI is InChI=1S/C15H12ClN3O3/c1-19-5-4-17-15(19)14(22)13-10(7-12(20)21)9-6-8(16)2-3-11(9)18-13/h2-6,18H,7H2,1H3,(H,20,21)/p-1. The quantitative estimate of drug-likeness (QED) is 0.729. The number of nitrogens with zero attached hydrogens (tertiary/aromatic N) is 2. The van der Waals surface area contributed by atoms with Crippen LogP contribution in [0.5, 0.6) is 0 Å². The van der Waals surface area contributed by atoms with Gasteiger partial charge in [0.05, 0.1) is 5.69 Å². The van der Waals surface area contributed by atoms with Crippen LogP contribution >= 0.6 is 11.6 Å². The van der Waals surface area contributed by atoms with E-state index >= 15 is 0 Å². The predicted molar refractivity (Wildman–Crippen MR) is 78.7 cm³/mol. The number of aromatic amines is 1. The largest absolute Gasteiger partial charge is 0.550 e. The Morgan fingerprint density at radius 3 is 2.82 bits per heavy atom. The summed E-state index contributed by atoms with van der Waals surface area (Å²) in [5.41, 5.74) is 1.18. The van der Waals surface area contributed by atoms with Gasteiger partial charge in [0.2, 0.25) is 5.78 Å². The number of aliphatic carboxylic acids is 1. The highest BCUT2D eigenvalue weighted by atomic mass is 35.5. The van der Waals surface area contributed by atoms with Gasteiger partial charge in [0.15, 0.2) is 5.82 Å². The Morgan fingerprint density at radius 2 is 2.18 bits per heavy atom. The van der Waals surface area contributed by atoms with Crippen molar-refractivity contribution in [3.05, 3.63) is 52.7 Å². The lowest BCUT2D eigenvalue weighted by molar-refractivity contribution is -0.304. The molecule has 3 rings (SSSR count). The number of aromatic nitrogens is 3. The summed E-state index contributed by atoms with van der Waals surface area (Å²) in [7, 11) is 1.69. The van der Waals surface area contributed by atoms with Crippen molar-refractivity contribution < 1.29 is 14.7 Å². The molecule has 0 radical (unpaired) electrons. The molecule has 0 fully saturated rings. The van der Waals surface area contributed by atoms with Crippen LogP contribution in [0.4, 0.5) is 0 Å². The number of carboxylic acids is 1. The highest BCUT2D eigenvalue weighted by Gasteiger charge is 2.22. The van der Waals surface area contributed by atoms with E-state index in [0.29, 0.717) is 21.5 Å². The predicted octanol–water partition coefficient (Wildman–Crippen LogP) is 1.08. The van der Waals surface area contributed by atoms with E-state index in [2.05, 4.69) is 9.97 Å². The number of carbonyl (C=O) groups excluding carboxylic acids is 2. The monoisotopic (exact) mass is 316 g/mol. The summed E-state index contributed by atoms with van der Waals surface area (Å²) in [5.74, 6) is -1.43. The van der Waals surface area contributed by atoms with E-state index in [1.807, 2.05) is 0 Å². The van der Waals surface area contributed by atoms with Crippen molar-refractivity contribution >= 4 is 34.3 Å². The molecule has 0 atom stereocenters. The minimum Gasteiger partial charge on any atom is -0.550 e. The SMILES string of the molecule is Cn1ccnc1C(=O)c1[nH]c2ccc(Cl)cc2c1CC(=O)[O-]. The first-order chi connectivity index (χ1) is 10.5. The van der Waals surface area contributed by atoms with Crippen LogP contribution in [0.15, 0.2) is 30.6 Å². The van der Waals surface area contributed by atoms with Gasteiger partial charge < -0.3 is 19.5 Å². The van der Waals surface area contributed by atoms with E-state index in [1.54, 1.807) is 36.0 Å². The zero-order valence-electron chi connectivity index (χ0n) is 11.6. The summed E-state index contributed by atoms with van der Waals surface area (Å²) in [4.78, 5) is 30.6. The molecule has 0 saturated heterocycles. The number of carboxylic acid groups (broad SMARTS) is 1. The van der Waals surface area contributed by atoms with Crippen LogP contribution < -0.4 is 5.11 Å². The molecule has 112 valence electrons. The number of H-pyrrole nitrogens is 1. The van der Waals surface area contributed by atoms with Crippen LogP contribution in [0.1, 0.15) is 21.9 Å². The minimum atomic E-state index is -1.27. The maximum Gasteiger partial charge on any atom is 0.244 e. The van der Waals surface area contributed by atoms with Crippen molar-refractivity contribution in [2.24, 2.45) is 7.05 Å². The fraction of sp³-hybridized carbons (Fsp3) is 0.133. The maximum absolute atomic E-state index is 12.6. The number of hydrogen-bond donors (Lipinski definition) is 1. The zero-order valence-corrected chi connectivity index (χ0v) is 12.3. The third-order valence-corrected chi connectivity index (χ3v) is 3.68. The molecule has 0 saturated carbocycles. The maximum atomic E-state index is 12.6. The molecule has 1 N–H and O–H groups in total. The third-order valence-electron chi connectivity index (χ3n) is 3.44. The van der Waals surface area contributed by atoms with Gasteiger partial charge in [-0.1, -0.05) is 11.6 Å². The van der Waals surface area contributed by atoms with Crippen molar-refractivity contribution in [3.63, 3.8) is 0 Å². The smallest absolute Gasteiger partial charge is 0.244 e. The van der Waals surface area contributed by atoms with Gasteiger partial charge in [0.1, 0.15) is 0 Å². The Labute approximate surface area is 130 Å². The number of benzene rings is 1. The number of hydrogen-bond acceptors (Lipinski definition) is 4. The Kier molecular flexibility index (Phi) is 3.46. The molecule has 0 unspecified atom stereocenters. The van der Waals surface area contributed by atoms with Crippen molar-refractivity contribution in [1.82, 2.24) is 14.5 Å². The molecule has 0 amide bonds. The van der Waals surface area contributed by atoms with E-state index in [1.165, 1.54) is 6.20 Å². The second kappa shape index (κ2) is 5.31. The molecule has 0 aliphatic carbocycles. The molecular weight excluding hydrogens is 306 g/mol. The number of carbonyl (C=O) groups is 2. The first kappa shape index (κ1) is 14.3. The molecule has 0 spiro atoms. The van der Waals surface area contributed by atoms with Gasteiger partial charge in [-0.05, 0) is 23.8 Å². The van der Waals surface area contributed by atoms with Crippen molar-refractivity contribution in [2.45, 2.75) is 6.42 Å². The van der Waals surface area contributed by atoms with E-state index in [0.717, 1.165) is 0 Å². The van der Waals surface area contributed by atoms with Gasteiger partial charge in [-0.25, -0.2) is 4.98 Å². The average Bonchev–Trinajstić information content (AvgIpc) is 3.02. The van der Waals surface area contributed by atoms with Crippen LogP contribution in [-0.4, -0.2) is 26.3 Å². The minimum absolute atomic E-state index is 0.191. The van der Waals surface area contributed by atoms with Crippen molar-refractivity contribution in [2.75, 3.05) is 0 Å². The van der Waals surface area contributed by atoms with E-state index in [9.17, 15) is 14.7 Å². The summed E-state index contributed by atoms with van der Waals surface area (Å²) in [6, 6.07) is 4.99. The van der Waals surface area contributed by atoms with Crippen molar-refractivity contribution in [3.8, 4) is 0 Å². The summed E-state index contributed by atoms with van der Waals surface area (Å²) >= 11 is 5.96. The molecule has 3 aromatic rings. The Balaban J connectivity index is 2.22. The topological polar surface area (TPSA) is 90.8 Å². The second-order valence-corrected chi connectivity index (χ2v) is 5.34. The normalized spacial score (nSPS) is 11.0. The third kappa shape index (κ3) is 2.37. The van der Waals surface area contributed by atoms with Gasteiger partial charge >= 0.3 is 0 Å². The number of rotatable bonds is 4. The Morgan fingerprint density at radius 1 is 1.41 bits per heavy atom. The van der Waals surface area contributed by atoms with Crippen LogP contribution in [0, 0.1) is 0 Å². The number of ketones is 1. The number of fused-ring (bicyclic) bond motifs is 1. The van der Waals surface area contributed by atoms with Gasteiger partial charge in [0, 0.05) is 47.8 Å². The highest BCUT2D eigenvalue weighted by molar-refractivity contribution is 6.31. The molecule has 1 aromatic carbocycles. The van der Waals surface area contributed by atoms with Gasteiger partial charge in [-0.3, -0.25) is 4.79 Å². The Hall–Kier alpha value is -2.60. The number of aryl methyl sites for hydroxylation is 1. The summed E-state index contributed by atoms with van der Waals surface area (Å²) < 4.78 is 1.57. The van der Waals surface area contributed by atoms with Crippen molar-refractivity contribution in [1.29, 1.82) is 0 Å². The van der Waals surface area contributed by atoms with Crippen LogP contribution in [0.3, 0.4) is 0 Å². The molecule has 22 heavy (non-hydrogen) atoms. The van der Waals surface area contributed by atoms with Gasteiger partial charge in [-0.2, -0.15) is 0 Å². The fourth-order valence-electron chi connectivity index (χ4n) is 2.44. The first-order valence-corrected chi connectivity index (χ1v) is 6.87. The lowest BCUT2D eigenvalue weighted by Gasteiger charge is -2.05. The van der Waals surface area contributed by atoms with Crippen LogP contribution in [0.25, 0.3) is 10.9 Å². The number of halogens is 1. The molecule has 7 heteroatoms. The molecule has 0 aliphatic heterocycles. The molecule has 0 bridgehead atoms. The molecule has 2 heterocycles. The molecular formula is C15H11ClN3O3-. The molecule has 0 aliphatic rings. The summed E-state index contributed by atoms with van der Waals surface area (Å²) in [6.45, 7) is 0. The van der Waals surface area contributed by atoms with Crippen LogP contribution in [-0.2, 0) is 18.3 Å². The average molecular weight is 317 g/mol.